The zero-order valence-corrected chi connectivity index (χ0v) is 12.4. The SMILES string of the molecule is Cc1ccc(OCCC(=O)N2CCC[C@H](N)C2)cc1C. The molecule has 20 heavy (non-hydrogen) atoms. The van der Waals surface area contributed by atoms with E-state index in [2.05, 4.69) is 13.8 Å². The average molecular weight is 276 g/mol. The zero-order valence-electron chi connectivity index (χ0n) is 12.4. The van der Waals surface area contributed by atoms with Gasteiger partial charge < -0.3 is 15.4 Å². The first kappa shape index (κ1) is 14.9. The normalized spacial score (nSPS) is 18.9. The maximum absolute atomic E-state index is 12.0. The van der Waals surface area contributed by atoms with Crippen LogP contribution < -0.4 is 10.5 Å². The van der Waals surface area contributed by atoms with Gasteiger partial charge in [-0.25, -0.2) is 0 Å². The summed E-state index contributed by atoms with van der Waals surface area (Å²) >= 11 is 0. The second kappa shape index (κ2) is 6.75. The Kier molecular flexibility index (Phi) is 5.01. The summed E-state index contributed by atoms with van der Waals surface area (Å²) < 4.78 is 5.65. The van der Waals surface area contributed by atoms with Crippen molar-refractivity contribution in [2.24, 2.45) is 5.73 Å². The standard InChI is InChI=1S/C16H24N2O2/c1-12-5-6-15(10-13(12)2)20-9-7-16(19)18-8-3-4-14(17)11-18/h5-6,10,14H,3-4,7-9,11,17H2,1-2H3/t14-/m0/s1. The molecule has 1 aromatic rings. The van der Waals surface area contributed by atoms with Crippen LogP contribution in [0.3, 0.4) is 0 Å². The van der Waals surface area contributed by atoms with E-state index in [9.17, 15) is 4.79 Å². The summed E-state index contributed by atoms with van der Waals surface area (Å²) in [4.78, 5) is 13.9. The molecule has 1 heterocycles. The van der Waals surface area contributed by atoms with Crippen LogP contribution in [-0.4, -0.2) is 36.5 Å². The summed E-state index contributed by atoms with van der Waals surface area (Å²) in [6, 6.07) is 6.13. The highest BCUT2D eigenvalue weighted by Crippen LogP contribution is 2.17. The number of ether oxygens (including phenoxy) is 1. The lowest BCUT2D eigenvalue weighted by molar-refractivity contribution is -0.132. The molecule has 1 amide bonds. The monoisotopic (exact) mass is 276 g/mol. The van der Waals surface area contributed by atoms with Gasteiger partial charge in [-0.3, -0.25) is 4.79 Å². The molecule has 0 saturated carbocycles. The maximum atomic E-state index is 12.0. The molecule has 1 aliphatic rings. The number of hydrogen-bond acceptors (Lipinski definition) is 3. The summed E-state index contributed by atoms with van der Waals surface area (Å²) in [6.45, 7) is 6.07. The number of piperidine rings is 1. The van der Waals surface area contributed by atoms with Crippen molar-refractivity contribution < 1.29 is 9.53 Å². The Bertz CT molecular complexity index is 474. The van der Waals surface area contributed by atoms with Gasteiger partial charge >= 0.3 is 0 Å². The molecule has 4 heteroatoms. The van der Waals surface area contributed by atoms with Crippen LogP contribution in [0.1, 0.15) is 30.4 Å². The van der Waals surface area contributed by atoms with E-state index in [0.717, 1.165) is 25.1 Å². The van der Waals surface area contributed by atoms with Gasteiger partial charge in [-0.2, -0.15) is 0 Å². The zero-order chi connectivity index (χ0) is 14.5. The molecule has 0 radical (unpaired) electrons. The number of aryl methyl sites for hydroxylation is 2. The molecule has 0 aliphatic carbocycles. The van der Waals surface area contributed by atoms with E-state index in [4.69, 9.17) is 10.5 Å². The molecule has 0 unspecified atom stereocenters. The van der Waals surface area contributed by atoms with E-state index >= 15 is 0 Å². The largest absolute Gasteiger partial charge is 0.493 e. The van der Waals surface area contributed by atoms with E-state index in [1.807, 2.05) is 23.1 Å². The fourth-order valence-electron chi connectivity index (χ4n) is 2.45. The molecular formula is C16H24N2O2. The molecule has 0 bridgehead atoms. The predicted octanol–water partition coefficient (Wildman–Crippen LogP) is 2.02. The van der Waals surface area contributed by atoms with Gasteiger partial charge in [0, 0.05) is 19.1 Å². The molecular weight excluding hydrogens is 252 g/mol. The average Bonchev–Trinajstić information content (AvgIpc) is 2.42. The Labute approximate surface area is 120 Å². The van der Waals surface area contributed by atoms with Gasteiger partial charge in [-0.1, -0.05) is 6.07 Å². The number of nitrogens with two attached hydrogens (primary N) is 1. The van der Waals surface area contributed by atoms with Crippen molar-refractivity contribution in [2.45, 2.75) is 39.2 Å². The Hall–Kier alpha value is -1.55. The third kappa shape index (κ3) is 3.97. The van der Waals surface area contributed by atoms with Crippen molar-refractivity contribution in [3.8, 4) is 5.75 Å². The highest BCUT2D eigenvalue weighted by Gasteiger charge is 2.20. The van der Waals surface area contributed by atoms with E-state index in [-0.39, 0.29) is 11.9 Å². The number of likely N-dealkylation sites (tertiary alicyclic amines) is 1. The van der Waals surface area contributed by atoms with Gasteiger partial charge in [-0.05, 0) is 49.9 Å². The smallest absolute Gasteiger partial charge is 0.226 e. The van der Waals surface area contributed by atoms with Crippen LogP contribution in [0, 0.1) is 13.8 Å². The van der Waals surface area contributed by atoms with Crippen LogP contribution in [0.15, 0.2) is 18.2 Å². The van der Waals surface area contributed by atoms with Crippen molar-refractivity contribution in [2.75, 3.05) is 19.7 Å². The Morgan fingerprint density at radius 1 is 1.40 bits per heavy atom. The summed E-state index contributed by atoms with van der Waals surface area (Å²) in [5.74, 6) is 0.972. The van der Waals surface area contributed by atoms with Crippen molar-refractivity contribution in [3.05, 3.63) is 29.3 Å². The van der Waals surface area contributed by atoms with Gasteiger partial charge in [0.05, 0.1) is 13.0 Å². The Morgan fingerprint density at radius 3 is 2.90 bits per heavy atom. The van der Waals surface area contributed by atoms with E-state index in [0.29, 0.717) is 19.6 Å². The summed E-state index contributed by atoms with van der Waals surface area (Å²) in [7, 11) is 0. The maximum Gasteiger partial charge on any atom is 0.226 e. The molecule has 2 rings (SSSR count). The van der Waals surface area contributed by atoms with Crippen LogP contribution in [0.2, 0.25) is 0 Å². The summed E-state index contributed by atoms with van der Waals surface area (Å²) in [5.41, 5.74) is 8.34. The molecule has 1 saturated heterocycles. The highest BCUT2D eigenvalue weighted by atomic mass is 16.5. The van der Waals surface area contributed by atoms with Crippen LogP contribution >= 0.6 is 0 Å². The molecule has 0 spiro atoms. The first-order valence-corrected chi connectivity index (χ1v) is 7.29. The summed E-state index contributed by atoms with van der Waals surface area (Å²) in [5, 5.41) is 0. The topological polar surface area (TPSA) is 55.6 Å². The first-order valence-electron chi connectivity index (χ1n) is 7.29. The van der Waals surface area contributed by atoms with Crippen LogP contribution in [0.5, 0.6) is 5.75 Å². The molecule has 4 nitrogen and oxygen atoms in total. The Morgan fingerprint density at radius 2 is 2.20 bits per heavy atom. The van der Waals surface area contributed by atoms with Gasteiger partial charge in [0.1, 0.15) is 5.75 Å². The molecule has 1 aromatic carbocycles. The lowest BCUT2D eigenvalue weighted by Gasteiger charge is -2.30. The predicted molar refractivity (Wildman–Crippen MR) is 79.8 cm³/mol. The molecule has 1 fully saturated rings. The van der Waals surface area contributed by atoms with E-state index in [1.165, 1.54) is 11.1 Å². The van der Waals surface area contributed by atoms with Gasteiger partial charge in [0.15, 0.2) is 0 Å². The van der Waals surface area contributed by atoms with Crippen LogP contribution in [0.25, 0.3) is 0 Å². The highest BCUT2D eigenvalue weighted by molar-refractivity contribution is 5.76. The molecule has 2 N–H and O–H groups in total. The molecule has 1 atom stereocenters. The number of amides is 1. The van der Waals surface area contributed by atoms with Crippen molar-refractivity contribution in [1.29, 1.82) is 0 Å². The lowest BCUT2D eigenvalue weighted by Crippen LogP contribution is -2.46. The fraction of sp³-hybridized carbons (Fsp3) is 0.562. The van der Waals surface area contributed by atoms with Crippen molar-refractivity contribution >= 4 is 5.91 Å². The van der Waals surface area contributed by atoms with Gasteiger partial charge in [0.25, 0.3) is 0 Å². The summed E-state index contributed by atoms with van der Waals surface area (Å²) in [6.07, 6.45) is 2.44. The van der Waals surface area contributed by atoms with E-state index in [1.54, 1.807) is 0 Å². The number of carbonyl (C=O) groups excluding carboxylic acids is 1. The van der Waals surface area contributed by atoms with Crippen molar-refractivity contribution in [1.82, 2.24) is 4.90 Å². The van der Waals surface area contributed by atoms with Gasteiger partial charge in [0.2, 0.25) is 5.91 Å². The number of benzene rings is 1. The minimum absolute atomic E-state index is 0.133. The minimum Gasteiger partial charge on any atom is -0.493 e. The first-order chi connectivity index (χ1) is 9.56. The van der Waals surface area contributed by atoms with Crippen LogP contribution in [-0.2, 0) is 4.79 Å². The quantitative estimate of drug-likeness (QED) is 0.915. The molecule has 1 aliphatic heterocycles. The third-order valence-electron chi connectivity index (χ3n) is 3.87. The number of hydrogen-bond donors (Lipinski definition) is 1. The number of carbonyl (C=O) groups is 1. The molecule has 110 valence electrons. The van der Waals surface area contributed by atoms with Gasteiger partial charge in [-0.15, -0.1) is 0 Å². The van der Waals surface area contributed by atoms with Crippen molar-refractivity contribution in [3.63, 3.8) is 0 Å². The lowest BCUT2D eigenvalue weighted by atomic mass is 10.1. The second-order valence-electron chi connectivity index (χ2n) is 5.59. The van der Waals surface area contributed by atoms with E-state index < -0.39 is 0 Å². The Balaban J connectivity index is 1.77. The number of nitrogens with zero attached hydrogens (tertiary/aromatic N) is 1. The molecule has 0 aromatic heterocycles. The fourth-order valence-corrected chi connectivity index (χ4v) is 2.45. The number of rotatable bonds is 4. The van der Waals surface area contributed by atoms with Crippen LogP contribution in [0.4, 0.5) is 0 Å². The third-order valence-corrected chi connectivity index (χ3v) is 3.87. The second-order valence-corrected chi connectivity index (χ2v) is 5.59. The minimum atomic E-state index is 0.133.